The maximum atomic E-state index is 13.6. The third kappa shape index (κ3) is 4.44. The minimum Gasteiger partial charge on any atom is -0.457 e. The first-order chi connectivity index (χ1) is 16.6. The summed E-state index contributed by atoms with van der Waals surface area (Å²) in [5.41, 5.74) is 7.37. The molecular weight excluding hydrogens is 468 g/mol. The minimum atomic E-state index is -0.292. The Morgan fingerprint density at radius 3 is 2.51 bits per heavy atom. The molecule has 0 bridgehead atoms. The molecule has 1 atom stereocenters. The molecule has 4 aromatic rings. The number of imidazole rings is 1. The minimum absolute atomic E-state index is 0. The molecule has 0 saturated carbocycles. The van der Waals surface area contributed by atoms with Crippen LogP contribution >= 0.6 is 12.4 Å². The van der Waals surface area contributed by atoms with Crippen molar-refractivity contribution in [3.63, 3.8) is 0 Å². The fourth-order valence-corrected chi connectivity index (χ4v) is 4.25. The zero-order chi connectivity index (χ0) is 23.7. The van der Waals surface area contributed by atoms with Gasteiger partial charge in [-0.2, -0.15) is 0 Å². The summed E-state index contributed by atoms with van der Waals surface area (Å²) in [7, 11) is 0. The van der Waals surface area contributed by atoms with Crippen LogP contribution in [0.1, 0.15) is 19.4 Å². The number of nitrogen functional groups attached to an aromatic ring is 1. The molecule has 0 spiro atoms. The van der Waals surface area contributed by atoms with Crippen molar-refractivity contribution in [2.45, 2.75) is 19.4 Å². The molecule has 2 aromatic carbocycles. The molecule has 1 unspecified atom stereocenters. The van der Waals surface area contributed by atoms with Gasteiger partial charge in [0.2, 0.25) is 0 Å². The average Bonchev–Trinajstić information content (AvgIpc) is 3.43. The monoisotopic (exact) mass is 490 g/mol. The lowest BCUT2D eigenvalue weighted by atomic mass is 10.2. The summed E-state index contributed by atoms with van der Waals surface area (Å²) in [6.45, 7) is 2.52. The van der Waals surface area contributed by atoms with Gasteiger partial charge in [0.15, 0.2) is 11.5 Å². The lowest BCUT2D eigenvalue weighted by Crippen LogP contribution is -2.31. The highest BCUT2D eigenvalue weighted by atomic mass is 35.5. The van der Waals surface area contributed by atoms with E-state index < -0.39 is 0 Å². The number of hydrogen-bond donors (Lipinski definition) is 1. The summed E-state index contributed by atoms with van der Waals surface area (Å²) >= 11 is 0. The van der Waals surface area contributed by atoms with Gasteiger partial charge in [-0.1, -0.05) is 24.1 Å². The van der Waals surface area contributed by atoms with E-state index >= 15 is 0 Å². The normalized spacial score (nSPS) is 14.8. The molecule has 1 aliphatic heterocycles. The van der Waals surface area contributed by atoms with E-state index in [1.54, 1.807) is 40.7 Å². The summed E-state index contributed by atoms with van der Waals surface area (Å²) in [6.07, 6.45) is 1.96. The zero-order valence-electron chi connectivity index (χ0n) is 18.9. The molecule has 1 fully saturated rings. The Morgan fingerprint density at radius 2 is 1.80 bits per heavy atom. The number of para-hydroxylation sites is 1. The SMILES string of the molecule is CC#CC(=O)N1CCC(n2c(=O)n(-c3ccc(Oc4ccccc4)cc3)c3c(N)ncnc32)C1.Cl. The van der Waals surface area contributed by atoms with E-state index in [9.17, 15) is 9.59 Å². The summed E-state index contributed by atoms with van der Waals surface area (Å²) in [6, 6.07) is 16.4. The van der Waals surface area contributed by atoms with Gasteiger partial charge >= 0.3 is 5.69 Å². The molecule has 3 heterocycles. The maximum Gasteiger partial charge on any atom is 0.335 e. The third-order valence-corrected chi connectivity index (χ3v) is 5.80. The number of benzene rings is 2. The Bertz CT molecular complexity index is 1490. The zero-order valence-corrected chi connectivity index (χ0v) is 19.7. The topological polar surface area (TPSA) is 108 Å². The molecule has 1 amide bonds. The smallest absolute Gasteiger partial charge is 0.335 e. The van der Waals surface area contributed by atoms with E-state index in [2.05, 4.69) is 21.8 Å². The Morgan fingerprint density at radius 1 is 1.09 bits per heavy atom. The first kappa shape index (κ1) is 23.9. The number of fused-ring (bicyclic) bond motifs is 1. The van der Waals surface area contributed by atoms with Crippen molar-refractivity contribution in [3.05, 3.63) is 71.4 Å². The fourth-order valence-electron chi connectivity index (χ4n) is 4.25. The van der Waals surface area contributed by atoms with Crippen LogP contribution in [-0.4, -0.2) is 43.0 Å². The number of halogens is 1. The number of anilines is 1. The second-order valence-corrected chi connectivity index (χ2v) is 7.90. The van der Waals surface area contributed by atoms with E-state index in [4.69, 9.17) is 10.5 Å². The predicted molar refractivity (Wildman–Crippen MR) is 135 cm³/mol. The number of nitrogens with two attached hydrogens (primary N) is 1. The van der Waals surface area contributed by atoms with Crippen LogP contribution in [0.4, 0.5) is 5.82 Å². The molecule has 5 rings (SSSR count). The summed E-state index contributed by atoms with van der Waals surface area (Å²) in [5, 5.41) is 0. The highest BCUT2D eigenvalue weighted by Crippen LogP contribution is 2.28. The summed E-state index contributed by atoms with van der Waals surface area (Å²) in [5.74, 6) is 6.50. The van der Waals surface area contributed by atoms with E-state index in [0.717, 1.165) is 5.75 Å². The Hall–Kier alpha value is -4.29. The van der Waals surface area contributed by atoms with E-state index in [1.807, 2.05) is 30.3 Å². The molecule has 2 N–H and O–H groups in total. The number of carbonyl (C=O) groups excluding carboxylic acids is 1. The molecular formula is C25H23ClN6O3. The van der Waals surface area contributed by atoms with Gasteiger partial charge < -0.3 is 15.4 Å². The first-order valence-electron chi connectivity index (χ1n) is 10.8. The second kappa shape index (κ2) is 9.91. The van der Waals surface area contributed by atoms with Crippen molar-refractivity contribution in [3.8, 4) is 29.0 Å². The Kier molecular flexibility index (Phi) is 6.75. The number of rotatable bonds is 4. The van der Waals surface area contributed by atoms with Crippen LogP contribution in [-0.2, 0) is 4.79 Å². The summed E-state index contributed by atoms with van der Waals surface area (Å²) in [4.78, 5) is 36.0. The molecule has 9 nitrogen and oxygen atoms in total. The number of aromatic nitrogens is 4. The number of likely N-dealkylation sites (tertiary alicyclic amines) is 1. The quantitative estimate of drug-likeness (QED) is 0.440. The molecule has 178 valence electrons. The average molecular weight is 491 g/mol. The fraction of sp³-hybridized carbons (Fsp3) is 0.200. The Labute approximate surface area is 207 Å². The van der Waals surface area contributed by atoms with Crippen LogP contribution in [0, 0.1) is 11.8 Å². The molecule has 2 aromatic heterocycles. The van der Waals surface area contributed by atoms with Gasteiger partial charge in [-0.15, -0.1) is 12.4 Å². The van der Waals surface area contributed by atoms with Gasteiger partial charge in [-0.3, -0.25) is 13.9 Å². The van der Waals surface area contributed by atoms with Crippen molar-refractivity contribution in [2.75, 3.05) is 18.8 Å². The molecule has 35 heavy (non-hydrogen) atoms. The standard InChI is InChI=1S/C25H22N6O3.ClH/c1-2-6-21(32)29-14-13-18(15-29)31-24-22(23(26)27-16-28-24)30(25(31)33)17-9-11-20(12-10-17)34-19-7-4-3-5-8-19;/h3-5,7-12,16,18H,13-15H2,1H3,(H2,26,27,28);1H. The molecule has 0 radical (unpaired) electrons. The van der Waals surface area contributed by atoms with Crippen LogP contribution in [0.2, 0.25) is 0 Å². The van der Waals surface area contributed by atoms with Crippen molar-refractivity contribution in [1.82, 2.24) is 24.0 Å². The van der Waals surface area contributed by atoms with Crippen molar-refractivity contribution in [1.29, 1.82) is 0 Å². The maximum absolute atomic E-state index is 13.6. The van der Waals surface area contributed by atoms with Crippen molar-refractivity contribution < 1.29 is 9.53 Å². The van der Waals surface area contributed by atoms with E-state index in [1.165, 1.54) is 10.9 Å². The largest absolute Gasteiger partial charge is 0.457 e. The van der Waals surface area contributed by atoms with Crippen LogP contribution in [0.3, 0.4) is 0 Å². The number of nitrogens with zero attached hydrogens (tertiary/aromatic N) is 5. The van der Waals surface area contributed by atoms with Crippen molar-refractivity contribution in [2.24, 2.45) is 0 Å². The van der Waals surface area contributed by atoms with Gasteiger partial charge in [-0.25, -0.2) is 14.8 Å². The van der Waals surface area contributed by atoms with Gasteiger partial charge in [0, 0.05) is 13.1 Å². The van der Waals surface area contributed by atoms with Crippen LogP contribution in [0.15, 0.2) is 65.7 Å². The lowest BCUT2D eigenvalue weighted by molar-refractivity contribution is -0.124. The number of hydrogen-bond acceptors (Lipinski definition) is 6. The van der Waals surface area contributed by atoms with Crippen LogP contribution in [0.5, 0.6) is 11.5 Å². The van der Waals surface area contributed by atoms with Crippen molar-refractivity contribution >= 4 is 35.3 Å². The number of ether oxygens (including phenoxy) is 1. The van der Waals surface area contributed by atoms with Crippen LogP contribution in [0.25, 0.3) is 16.9 Å². The van der Waals surface area contributed by atoms with E-state index in [-0.39, 0.29) is 35.9 Å². The van der Waals surface area contributed by atoms with E-state index in [0.29, 0.717) is 42.1 Å². The predicted octanol–water partition coefficient (Wildman–Crippen LogP) is 3.18. The second-order valence-electron chi connectivity index (χ2n) is 7.90. The first-order valence-corrected chi connectivity index (χ1v) is 10.8. The summed E-state index contributed by atoms with van der Waals surface area (Å²) < 4.78 is 8.97. The Balaban J connectivity index is 0.00000289. The lowest BCUT2D eigenvalue weighted by Gasteiger charge is -2.14. The number of carbonyl (C=O) groups is 1. The van der Waals surface area contributed by atoms with Crippen LogP contribution < -0.4 is 16.2 Å². The van der Waals surface area contributed by atoms with Gasteiger partial charge in [-0.05, 0) is 55.7 Å². The molecule has 0 aliphatic carbocycles. The molecule has 1 saturated heterocycles. The molecule has 10 heteroatoms. The number of amides is 1. The highest BCUT2D eigenvalue weighted by molar-refractivity contribution is 5.93. The molecule has 1 aliphatic rings. The third-order valence-electron chi connectivity index (χ3n) is 5.80. The van der Waals surface area contributed by atoms with Gasteiger partial charge in [0.25, 0.3) is 5.91 Å². The van der Waals surface area contributed by atoms with Gasteiger partial charge in [0.05, 0.1) is 11.7 Å². The highest BCUT2D eigenvalue weighted by Gasteiger charge is 2.31. The van der Waals surface area contributed by atoms with Gasteiger partial charge in [0.1, 0.15) is 23.3 Å².